The van der Waals surface area contributed by atoms with Gasteiger partial charge in [-0.1, -0.05) is 18.2 Å². The molecule has 0 aliphatic carbocycles. The number of allylic oxidation sites excluding steroid dienone is 1. The second-order valence-electron chi connectivity index (χ2n) is 4.66. The van der Waals surface area contributed by atoms with Crippen LogP contribution in [0, 0.1) is 5.82 Å². The summed E-state index contributed by atoms with van der Waals surface area (Å²) in [7, 11) is 0. The molecule has 0 amide bonds. The maximum absolute atomic E-state index is 12.8. The van der Waals surface area contributed by atoms with Gasteiger partial charge in [0.2, 0.25) is 0 Å². The van der Waals surface area contributed by atoms with Gasteiger partial charge >= 0.3 is 5.97 Å². The van der Waals surface area contributed by atoms with Gasteiger partial charge in [-0.05, 0) is 42.0 Å². The van der Waals surface area contributed by atoms with Crippen molar-refractivity contribution in [2.75, 3.05) is 0 Å². The van der Waals surface area contributed by atoms with Gasteiger partial charge in [-0.2, -0.15) is 0 Å². The summed E-state index contributed by atoms with van der Waals surface area (Å²) in [6, 6.07) is 9.69. The number of aromatic hydroxyl groups is 1. The van der Waals surface area contributed by atoms with Crippen molar-refractivity contribution in [3.63, 3.8) is 0 Å². The lowest BCUT2D eigenvalue weighted by Gasteiger charge is -2.04. The van der Waals surface area contributed by atoms with E-state index >= 15 is 0 Å². The molecular weight excluding hydrogens is 287 g/mol. The maximum Gasteiger partial charge on any atom is 0.307 e. The van der Waals surface area contributed by atoms with Gasteiger partial charge in [0.25, 0.3) is 0 Å². The molecule has 5 heteroatoms. The summed E-state index contributed by atoms with van der Waals surface area (Å²) in [6.07, 6.45) is 2.48. The van der Waals surface area contributed by atoms with Crippen LogP contribution in [0.3, 0.4) is 0 Å². The van der Waals surface area contributed by atoms with Gasteiger partial charge in [-0.3, -0.25) is 9.59 Å². The van der Waals surface area contributed by atoms with E-state index in [0.29, 0.717) is 5.56 Å². The summed E-state index contributed by atoms with van der Waals surface area (Å²) < 4.78 is 12.8. The molecule has 0 aliphatic heterocycles. The zero-order valence-electron chi connectivity index (χ0n) is 11.5. The third-order valence-corrected chi connectivity index (χ3v) is 3.00. The van der Waals surface area contributed by atoms with E-state index in [1.807, 2.05) is 0 Å². The Bertz CT molecular complexity index is 733. The summed E-state index contributed by atoms with van der Waals surface area (Å²) in [6.45, 7) is 0. The molecule has 0 aliphatic rings. The Kier molecular flexibility index (Phi) is 4.68. The quantitative estimate of drug-likeness (QED) is 0.657. The number of phenolic OH excluding ortho intramolecular Hbond substituents is 1. The molecule has 0 spiro atoms. The largest absolute Gasteiger partial charge is 0.508 e. The molecular formula is C17H13FO4. The van der Waals surface area contributed by atoms with Crippen molar-refractivity contribution in [1.82, 2.24) is 0 Å². The molecule has 2 aromatic rings. The number of carbonyl (C=O) groups excluding carboxylic acids is 1. The number of hydrogen-bond acceptors (Lipinski definition) is 3. The fourth-order valence-electron chi connectivity index (χ4n) is 1.89. The molecule has 2 N–H and O–H groups in total. The lowest BCUT2D eigenvalue weighted by molar-refractivity contribution is -0.136. The van der Waals surface area contributed by atoms with Crippen LogP contribution in [-0.2, 0) is 11.2 Å². The van der Waals surface area contributed by atoms with E-state index < -0.39 is 5.97 Å². The first-order valence-corrected chi connectivity index (χ1v) is 6.47. The second kappa shape index (κ2) is 6.67. The standard InChI is InChI=1S/C17H13FO4/c18-14-5-1-11(2-6-14)3-7-15(19)12-4-8-16(20)13(9-12)10-17(21)22/h1-9,20H,10H2,(H,21,22)/b7-3+. The zero-order valence-corrected chi connectivity index (χ0v) is 11.5. The van der Waals surface area contributed by atoms with Gasteiger partial charge in [0.15, 0.2) is 5.78 Å². The number of hydrogen-bond donors (Lipinski definition) is 2. The Balaban J connectivity index is 2.18. The molecule has 0 radical (unpaired) electrons. The zero-order chi connectivity index (χ0) is 16.1. The summed E-state index contributed by atoms with van der Waals surface area (Å²) in [5.41, 5.74) is 1.11. The van der Waals surface area contributed by atoms with Crippen LogP contribution < -0.4 is 0 Å². The predicted octanol–water partition coefficient (Wildman–Crippen LogP) is 3.05. The second-order valence-corrected chi connectivity index (χ2v) is 4.66. The monoisotopic (exact) mass is 300 g/mol. The van der Waals surface area contributed by atoms with E-state index in [2.05, 4.69) is 0 Å². The van der Waals surface area contributed by atoms with Crippen LogP contribution in [-0.4, -0.2) is 22.0 Å². The highest BCUT2D eigenvalue weighted by Crippen LogP contribution is 2.20. The van der Waals surface area contributed by atoms with Crippen LogP contribution >= 0.6 is 0 Å². The Morgan fingerprint density at radius 3 is 2.41 bits per heavy atom. The summed E-state index contributed by atoms with van der Waals surface area (Å²) in [5, 5.41) is 18.3. The van der Waals surface area contributed by atoms with Crippen molar-refractivity contribution >= 4 is 17.8 Å². The van der Waals surface area contributed by atoms with E-state index in [1.54, 1.807) is 0 Å². The Morgan fingerprint density at radius 1 is 1.09 bits per heavy atom. The first-order chi connectivity index (χ1) is 10.5. The van der Waals surface area contributed by atoms with Crippen LogP contribution in [0.15, 0.2) is 48.5 Å². The molecule has 0 saturated heterocycles. The number of rotatable bonds is 5. The van der Waals surface area contributed by atoms with Crippen LogP contribution in [0.2, 0.25) is 0 Å². The van der Waals surface area contributed by atoms with E-state index in [1.165, 1.54) is 54.6 Å². The third-order valence-electron chi connectivity index (χ3n) is 3.00. The summed E-state index contributed by atoms with van der Waals surface area (Å²) >= 11 is 0. The molecule has 4 nitrogen and oxygen atoms in total. The van der Waals surface area contributed by atoms with Crippen molar-refractivity contribution in [1.29, 1.82) is 0 Å². The van der Waals surface area contributed by atoms with Gasteiger partial charge in [0, 0.05) is 11.1 Å². The number of ketones is 1. The van der Waals surface area contributed by atoms with Gasteiger partial charge in [-0.15, -0.1) is 0 Å². The number of benzene rings is 2. The normalized spacial score (nSPS) is 10.8. The van der Waals surface area contributed by atoms with E-state index in [-0.39, 0.29) is 34.9 Å². The van der Waals surface area contributed by atoms with Gasteiger partial charge in [0.1, 0.15) is 11.6 Å². The van der Waals surface area contributed by atoms with Crippen LogP contribution in [0.5, 0.6) is 5.75 Å². The molecule has 22 heavy (non-hydrogen) atoms. The Hall–Kier alpha value is -2.95. The minimum atomic E-state index is -1.10. The molecule has 2 rings (SSSR count). The van der Waals surface area contributed by atoms with Crippen molar-refractivity contribution in [3.05, 3.63) is 71.0 Å². The Morgan fingerprint density at radius 2 is 1.77 bits per heavy atom. The minimum absolute atomic E-state index is 0.165. The fraction of sp³-hybridized carbons (Fsp3) is 0.0588. The minimum Gasteiger partial charge on any atom is -0.508 e. The molecule has 2 aromatic carbocycles. The molecule has 0 fully saturated rings. The number of carbonyl (C=O) groups is 2. The number of phenols is 1. The molecule has 0 saturated carbocycles. The lowest BCUT2D eigenvalue weighted by Crippen LogP contribution is -2.02. The van der Waals surface area contributed by atoms with E-state index in [0.717, 1.165) is 0 Å². The van der Waals surface area contributed by atoms with Crippen molar-refractivity contribution < 1.29 is 24.2 Å². The molecule has 0 unspecified atom stereocenters. The van der Waals surface area contributed by atoms with E-state index in [9.17, 15) is 19.1 Å². The van der Waals surface area contributed by atoms with Crippen LogP contribution in [0.25, 0.3) is 6.08 Å². The van der Waals surface area contributed by atoms with Crippen LogP contribution in [0.4, 0.5) is 4.39 Å². The molecule has 0 heterocycles. The molecule has 0 bridgehead atoms. The highest BCUT2D eigenvalue weighted by molar-refractivity contribution is 6.07. The SMILES string of the molecule is O=C(O)Cc1cc(C(=O)/C=C/c2ccc(F)cc2)ccc1O. The maximum atomic E-state index is 12.8. The number of carboxylic acid groups (broad SMARTS) is 1. The fourth-order valence-corrected chi connectivity index (χ4v) is 1.89. The van der Waals surface area contributed by atoms with Gasteiger partial charge in [0.05, 0.1) is 6.42 Å². The molecule has 0 aromatic heterocycles. The summed E-state index contributed by atoms with van der Waals surface area (Å²) in [4.78, 5) is 22.7. The third kappa shape index (κ3) is 4.02. The first-order valence-electron chi connectivity index (χ1n) is 6.47. The Labute approximate surface area is 126 Å². The average molecular weight is 300 g/mol. The number of halogens is 1. The highest BCUT2D eigenvalue weighted by atomic mass is 19.1. The first kappa shape index (κ1) is 15.4. The lowest BCUT2D eigenvalue weighted by atomic mass is 10.0. The number of carboxylic acids is 1. The highest BCUT2D eigenvalue weighted by Gasteiger charge is 2.10. The summed E-state index contributed by atoms with van der Waals surface area (Å²) in [5.74, 6) is -1.96. The molecule has 0 atom stereocenters. The van der Waals surface area contributed by atoms with Crippen LogP contribution in [0.1, 0.15) is 21.5 Å². The van der Waals surface area contributed by atoms with Gasteiger partial charge < -0.3 is 10.2 Å². The molecule has 112 valence electrons. The van der Waals surface area contributed by atoms with Gasteiger partial charge in [-0.25, -0.2) is 4.39 Å². The van der Waals surface area contributed by atoms with Crippen molar-refractivity contribution in [3.8, 4) is 5.75 Å². The van der Waals surface area contributed by atoms with E-state index in [4.69, 9.17) is 5.11 Å². The number of aliphatic carboxylic acids is 1. The predicted molar refractivity (Wildman–Crippen MR) is 79.2 cm³/mol. The van der Waals surface area contributed by atoms with Crippen molar-refractivity contribution in [2.45, 2.75) is 6.42 Å². The topological polar surface area (TPSA) is 74.6 Å². The average Bonchev–Trinajstić information content (AvgIpc) is 2.48. The smallest absolute Gasteiger partial charge is 0.307 e. The van der Waals surface area contributed by atoms with Crippen molar-refractivity contribution in [2.24, 2.45) is 0 Å².